The maximum Gasteiger partial charge on any atom is 0.269 e. The van der Waals surface area contributed by atoms with Crippen LogP contribution in [0.25, 0.3) is 0 Å². The Morgan fingerprint density at radius 1 is 1.42 bits per heavy atom. The van der Waals surface area contributed by atoms with Crippen molar-refractivity contribution in [3.05, 3.63) is 39.9 Å². The summed E-state index contributed by atoms with van der Waals surface area (Å²) in [5, 5.41) is 21.5. The highest BCUT2D eigenvalue weighted by Gasteiger charge is 2.26. The molecule has 0 saturated heterocycles. The predicted octanol–water partition coefficient (Wildman–Crippen LogP) is 1.60. The summed E-state index contributed by atoms with van der Waals surface area (Å²) in [6, 6.07) is 5.17. The standard InChI is InChI=1S/C11H14N2O5S/c1-3-19(17,18)8(2)11(12-14)9-4-6-10(7-5-9)13(15)16/h4-8,14H,3H2,1-2H3/b12-11+/t8-/m1/s1. The first-order valence-electron chi connectivity index (χ1n) is 5.51. The van der Waals surface area contributed by atoms with E-state index in [1.807, 2.05) is 0 Å². The van der Waals surface area contributed by atoms with Crippen LogP contribution in [0.4, 0.5) is 5.69 Å². The summed E-state index contributed by atoms with van der Waals surface area (Å²) in [6.07, 6.45) is 0. The summed E-state index contributed by atoms with van der Waals surface area (Å²) in [5.41, 5.74) is 0.182. The molecule has 0 unspecified atom stereocenters. The topological polar surface area (TPSA) is 110 Å². The Kier molecular flexibility index (Phi) is 4.60. The fourth-order valence-electron chi connectivity index (χ4n) is 1.55. The third-order valence-corrected chi connectivity index (χ3v) is 4.91. The molecule has 0 spiro atoms. The van der Waals surface area contributed by atoms with Gasteiger partial charge < -0.3 is 5.21 Å². The molecule has 8 heteroatoms. The predicted molar refractivity (Wildman–Crippen MR) is 70.3 cm³/mol. The number of hydrogen-bond donors (Lipinski definition) is 1. The van der Waals surface area contributed by atoms with E-state index in [1.165, 1.54) is 38.1 Å². The number of nitrogens with zero attached hydrogens (tertiary/aromatic N) is 2. The van der Waals surface area contributed by atoms with Crippen molar-refractivity contribution in [2.45, 2.75) is 19.1 Å². The van der Waals surface area contributed by atoms with Crippen LogP contribution in [0.15, 0.2) is 29.4 Å². The second kappa shape index (κ2) is 5.79. The van der Waals surface area contributed by atoms with E-state index in [2.05, 4.69) is 5.16 Å². The van der Waals surface area contributed by atoms with Crippen LogP contribution in [0.5, 0.6) is 0 Å². The van der Waals surface area contributed by atoms with Gasteiger partial charge in [-0.15, -0.1) is 0 Å². The first-order chi connectivity index (χ1) is 8.83. The van der Waals surface area contributed by atoms with E-state index in [-0.39, 0.29) is 17.2 Å². The molecule has 0 aliphatic rings. The molecule has 0 fully saturated rings. The van der Waals surface area contributed by atoms with E-state index in [4.69, 9.17) is 5.21 Å². The van der Waals surface area contributed by atoms with Gasteiger partial charge in [-0.1, -0.05) is 12.1 Å². The van der Waals surface area contributed by atoms with Gasteiger partial charge in [0.1, 0.15) is 11.0 Å². The van der Waals surface area contributed by atoms with Crippen molar-refractivity contribution in [1.29, 1.82) is 0 Å². The Balaban J connectivity index is 3.16. The third kappa shape index (κ3) is 3.28. The number of oxime groups is 1. The number of nitro benzene ring substituents is 1. The zero-order chi connectivity index (χ0) is 14.6. The van der Waals surface area contributed by atoms with Crippen molar-refractivity contribution < 1.29 is 18.5 Å². The van der Waals surface area contributed by atoms with Gasteiger partial charge in [0.2, 0.25) is 0 Å². The minimum Gasteiger partial charge on any atom is -0.411 e. The van der Waals surface area contributed by atoms with Gasteiger partial charge in [-0.2, -0.15) is 0 Å². The number of rotatable bonds is 5. The Morgan fingerprint density at radius 3 is 2.32 bits per heavy atom. The maximum absolute atomic E-state index is 11.7. The normalized spacial score (nSPS) is 14.1. The van der Waals surface area contributed by atoms with E-state index in [9.17, 15) is 18.5 Å². The van der Waals surface area contributed by atoms with Gasteiger partial charge in [0.25, 0.3) is 5.69 Å². The summed E-state index contributed by atoms with van der Waals surface area (Å²) in [5.74, 6) is -0.0832. The third-order valence-electron chi connectivity index (χ3n) is 2.81. The van der Waals surface area contributed by atoms with E-state index >= 15 is 0 Å². The van der Waals surface area contributed by atoms with Gasteiger partial charge in [0, 0.05) is 23.4 Å². The molecular formula is C11H14N2O5S. The highest BCUT2D eigenvalue weighted by Crippen LogP contribution is 2.16. The minimum atomic E-state index is -3.41. The van der Waals surface area contributed by atoms with Crippen LogP contribution in [0.2, 0.25) is 0 Å². The SMILES string of the molecule is CCS(=O)(=O)[C@H](C)/C(=N\O)c1ccc([N+](=O)[O-])cc1. The zero-order valence-corrected chi connectivity index (χ0v) is 11.3. The smallest absolute Gasteiger partial charge is 0.269 e. The largest absolute Gasteiger partial charge is 0.411 e. The zero-order valence-electron chi connectivity index (χ0n) is 10.5. The Hall–Kier alpha value is -1.96. The van der Waals surface area contributed by atoms with E-state index in [1.54, 1.807) is 0 Å². The molecule has 0 aromatic heterocycles. The van der Waals surface area contributed by atoms with Gasteiger partial charge >= 0.3 is 0 Å². The van der Waals surface area contributed by atoms with Gasteiger partial charge in [-0.05, 0) is 19.1 Å². The Morgan fingerprint density at radius 2 is 1.95 bits per heavy atom. The average molecular weight is 286 g/mol. The Bertz CT molecular complexity index is 592. The van der Waals surface area contributed by atoms with Crippen molar-refractivity contribution in [1.82, 2.24) is 0 Å². The fraction of sp³-hybridized carbons (Fsp3) is 0.364. The molecule has 1 rings (SSSR count). The lowest BCUT2D eigenvalue weighted by atomic mass is 10.1. The highest BCUT2D eigenvalue weighted by molar-refractivity contribution is 7.92. The number of benzene rings is 1. The molecule has 1 N–H and O–H groups in total. The van der Waals surface area contributed by atoms with Gasteiger partial charge in [0.15, 0.2) is 9.84 Å². The molecule has 0 aliphatic heterocycles. The van der Waals surface area contributed by atoms with E-state index < -0.39 is 20.0 Å². The van der Waals surface area contributed by atoms with Gasteiger partial charge in [0.05, 0.1) is 4.92 Å². The molecule has 0 saturated carbocycles. The Labute approximate surface area is 110 Å². The van der Waals surface area contributed by atoms with Crippen LogP contribution in [0.3, 0.4) is 0 Å². The van der Waals surface area contributed by atoms with Crippen LogP contribution in [-0.2, 0) is 9.84 Å². The molecule has 1 aromatic rings. The van der Waals surface area contributed by atoms with Crippen molar-refractivity contribution in [3.63, 3.8) is 0 Å². The molecule has 0 heterocycles. The van der Waals surface area contributed by atoms with Gasteiger partial charge in [-0.25, -0.2) is 8.42 Å². The molecule has 0 amide bonds. The highest BCUT2D eigenvalue weighted by atomic mass is 32.2. The first kappa shape index (κ1) is 15.1. The van der Waals surface area contributed by atoms with Crippen LogP contribution in [-0.4, -0.2) is 35.3 Å². The quantitative estimate of drug-likeness (QED) is 0.382. The van der Waals surface area contributed by atoms with E-state index in [0.717, 1.165) is 0 Å². The van der Waals surface area contributed by atoms with Crippen LogP contribution < -0.4 is 0 Å². The van der Waals surface area contributed by atoms with Crippen LogP contribution in [0, 0.1) is 10.1 Å². The maximum atomic E-state index is 11.7. The van der Waals surface area contributed by atoms with Crippen molar-refractivity contribution in [3.8, 4) is 0 Å². The second-order valence-corrected chi connectivity index (χ2v) is 6.49. The lowest BCUT2D eigenvalue weighted by Gasteiger charge is -2.13. The van der Waals surface area contributed by atoms with Gasteiger partial charge in [-0.3, -0.25) is 10.1 Å². The fourth-order valence-corrected chi connectivity index (χ4v) is 2.57. The summed E-state index contributed by atoms with van der Waals surface area (Å²) < 4.78 is 23.5. The van der Waals surface area contributed by atoms with Crippen molar-refractivity contribution >= 4 is 21.2 Å². The van der Waals surface area contributed by atoms with Crippen molar-refractivity contribution in [2.75, 3.05) is 5.75 Å². The van der Waals surface area contributed by atoms with Crippen molar-refractivity contribution in [2.24, 2.45) is 5.16 Å². The summed E-state index contributed by atoms with van der Waals surface area (Å²) >= 11 is 0. The molecule has 1 aromatic carbocycles. The number of hydrogen-bond acceptors (Lipinski definition) is 6. The summed E-state index contributed by atoms with van der Waals surface area (Å²) in [7, 11) is -3.41. The monoisotopic (exact) mass is 286 g/mol. The average Bonchev–Trinajstić information content (AvgIpc) is 2.40. The lowest BCUT2D eigenvalue weighted by Crippen LogP contribution is -2.29. The summed E-state index contributed by atoms with van der Waals surface area (Å²) in [6.45, 7) is 2.91. The molecule has 0 bridgehead atoms. The number of nitro groups is 1. The second-order valence-electron chi connectivity index (χ2n) is 3.88. The van der Waals surface area contributed by atoms with Crippen LogP contribution >= 0.6 is 0 Å². The minimum absolute atomic E-state index is 0.0308. The first-order valence-corrected chi connectivity index (χ1v) is 7.23. The number of non-ortho nitro benzene ring substituents is 1. The lowest BCUT2D eigenvalue weighted by molar-refractivity contribution is -0.384. The number of sulfone groups is 1. The molecule has 104 valence electrons. The molecule has 19 heavy (non-hydrogen) atoms. The molecular weight excluding hydrogens is 272 g/mol. The molecule has 1 atom stereocenters. The summed E-state index contributed by atoms with van der Waals surface area (Å²) in [4.78, 5) is 9.96. The van der Waals surface area contributed by atoms with Crippen LogP contribution in [0.1, 0.15) is 19.4 Å². The molecule has 7 nitrogen and oxygen atoms in total. The molecule has 0 aliphatic carbocycles. The molecule has 0 radical (unpaired) electrons. The van der Waals surface area contributed by atoms with E-state index in [0.29, 0.717) is 5.56 Å².